The Morgan fingerprint density at radius 3 is 2.79 bits per heavy atom. The summed E-state index contributed by atoms with van der Waals surface area (Å²) in [6.45, 7) is 0.843. The average Bonchev–Trinajstić information content (AvgIpc) is 3.37. The Balaban J connectivity index is 1.34. The first kappa shape index (κ1) is 17.3. The molecule has 6 nitrogen and oxygen atoms in total. The van der Waals surface area contributed by atoms with Crippen molar-refractivity contribution < 1.29 is 13.3 Å². The molecule has 144 valence electrons. The van der Waals surface area contributed by atoms with Crippen LogP contribution in [0.15, 0.2) is 64.2 Å². The number of nitrogens with one attached hydrogen (secondary N) is 1. The molecule has 0 saturated heterocycles. The Labute approximate surface area is 164 Å². The van der Waals surface area contributed by atoms with Crippen LogP contribution in [0.25, 0.3) is 22.6 Å². The third-order valence-electron chi connectivity index (χ3n) is 4.67. The lowest BCUT2D eigenvalue weighted by Gasteiger charge is -2.19. The minimum atomic E-state index is -0.928. The highest BCUT2D eigenvalue weighted by Crippen LogP contribution is 2.26. The molecule has 0 fully saturated rings. The summed E-state index contributed by atoms with van der Waals surface area (Å²) >= 11 is 0. The van der Waals surface area contributed by atoms with E-state index >= 15 is 0 Å². The molecule has 2 aromatic heterocycles. The number of aromatic amines is 1. The zero-order chi connectivity index (χ0) is 19.8. The minimum Gasteiger partial charge on any atom is -0.359 e. The normalized spacial score (nSPS) is 13.0. The van der Waals surface area contributed by atoms with Crippen LogP contribution >= 0.6 is 0 Å². The van der Waals surface area contributed by atoms with E-state index in [1.807, 2.05) is 36.4 Å². The number of benzene rings is 2. The van der Waals surface area contributed by atoms with Crippen LogP contribution in [0.1, 0.15) is 17.1 Å². The van der Waals surface area contributed by atoms with Crippen LogP contribution in [-0.4, -0.2) is 26.3 Å². The van der Waals surface area contributed by atoms with Gasteiger partial charge in [-0.15, -0.1) is 0 Å². The van der Waals surface area contributed by atoms with E-state index < -0.39 is 11.6 Å². The average molecular weight is 391 g/mol. The fraction of sp³-hybridized carbons (Fsp3) is 0.0952. The van der Waals surface area contributed by atoms with E-state index in [1.54, 1.807) is 11.2 Å². The predicted molar refractivity (Wildman–Crippen MR) is 103 cm³/mol. The number of nitrogens with zero attached hydrogens (tertiary/aromatic N) is 4. The van der Waals surface area contributed by atoms with Gasteiger partial charge in [0.2, 0.25) is 0 Å². The summed E-state index contributed by atoms with van der Waals surface area (Å²) < 4.78 is 33.0. The van der Waals surface area contributed by atoms with Gasteiger partial charge in [-0.2, -0.15) is 5.10 Å². The Kier molecular flexibility index (Phi) is 4.16. The second-order valence-corrected chi connectivity index (χ2v) is 6.66. The van der Waals surface area contributed by atoms with Gasteiger partial charge in [0.05, 0.1) is 30.6 Å². The van der Waals surface area contributed by atoms with Gasteiger partial charge in [0.25, 0.3) is 0 Å². The molecule has 1 N–H and O–H groups in total. The van der Waals surface area contributed by atoms with Gasteiger partial charge in [0.1, 0.15) is 17.2 Å². The molecule has 4 aromatic rings. The molecule has 3 heterocycles. The van der Waals surface area contributed by atoms with Crippen molar-refractivity contribution in [3.8, 4) is 22.6 Å². The van der Waals surface area contributed by atoms with Crippen molar-refractivity contribution in [3.63, 3.8) is 0 Å². The molecule has 0 radical (unpaired) electrons. The lowest BCUT2D eigenvalue weighted by atomic mass is 10.1. The maximum Gasteiger partial charge on any atom is 0.169 e. The lowest BCUT2D eigenvalue weighted by Crippen LogP contribution is -2.21. The van der Waals surface area contributed by atoms with Crippen molar-refractivity contribution >= 4 is 6.21 Å². The predicted octanol–water partition coefficient (Wildman–Crippen LogP) is 4.36. The summed E-state index contributed by atoms with van der Waals surface area (Å²) in [4.78, 5) is 7.40. The van der Waals surface area contributed by atoms with Crippen molar-refractivity contribution in [1.29, 1.82) is 0 Å². The SMILES string of the molecule is Fc1cccc(-c2nc3c([nH]2)CN(Cc2cc(-c4ccccc4)no2)N=C3)c1F. The fourth-order valence-electron chi connectivity index (χ4n) is 3.23. The molecule has 5 rings (SSSR count). The van der Waals surface area contributed by atoms with E-state index in [0.717, 1.165) is 23.0 Å². The Bertz CT molecular complexity index is 1200. The second kappa shape index (κ2) is 6.97. The van der Waals surface area contributed by atoms with Gasteiger partial charge in [-0.3, -0.25) is 5.01 Å². The zero-order valence-electron chi connectivity index (χ0n) is 15.1. The van der Waals surface area contributed by atoms with Crippen LogP contribution < -0.4 is 0 Å². The van der Waals surface area contributed by atoms with Crippen molar-refractivity contribution in [2.75, 3.05) is 0 Å². The number of imidazole rings is 1. The van der Waals surface area contributed by atoms with E-state index in [1.165, 1.54) is 12.1 Å². The van der Waals surface area contributed by atoms with Gasteiger partial charge in [0.15, 0.2) is 17.4 Å². The minimum absolute atomic E-state index is 0.0853. The van der Waals surface area contributed by atoms with Crippen LogP contribution in [0.5, 0.6) is 0 Å². The van der Waals surface area contributed by atoms with Crippen LogP contribution in [0.4, 0.5) is 8.78 Å². The largest absolute Gasteiger partial charge is 0.359 e. The van der Waals surface area contributed by atoms with Crippen molar-refractivity contribution in [1.82, 2.24) is 20.1 Å². The molecular formula is C21H15F2N5O. The van der Waals surface area contributed by atoms with Crippen molar-refractivity contribution in [3.05, 3.63) is 83.4 Å². The van der Waals surface area contributed by atoms with Gasteiger partial charge >= 0.3 is 0 Å². The van der Waals surface area contributed by atoms with E-state index in [4.69, 9.17) is 4.52 Å². The lowest BCUT2D eigenvalue weighted by molar-refractivity contribution is 0.229. The number of hydrogen-bond acceptors (Lipinski definition) is 5. The van der Waals surface area contributed by atoms with E-state index in [-0.39, 0.29) is 11.4 Å². The monoisotopic (exact) mass is 391 g/mol. The van der Waals surface area contributed by atoms with Crippen LogP contribution in [0, 0.1) is 11.6 Å². The highest BCUT2D eigenvalue weighted by Gasteiger charge is 2.21. The third kappa shape index (κ3) is 3.29. The first-order valence-electron chi connectivity index (χ1n) is 9.00. The topological polar surface area (TPSA) is 70.3 Å². The smallest absolute Gasteiger partial charge is 0.169 e. The zero-order valence-corrected chi connectivity index (χ0v) is 15.1. The fourth-order valence-corrected chi connectivity index (χ4v) is 3.23. The second-order valence-electron chi connectivity index (χ2n) is 6.66. The molecule has 8 heteroatoms. The van der Waals surface area contributed by atoms with E-state index in [9.17, 15) is 8.78 Å². The Morgan fingerprint density at radius 1 is 1.07 bits per heavy atom. The molecule has 0 amide bonds. The highest BCUT2D eigenvalue weighted by atomic mass is 19.2. The molecule has 0 unspecified atom stereocenters. The Morgan fingerprint density at radius 2 is 1.93 bits per heavy atom. The van der Waals surface area contributed by atoms with Gasteiger partial charge in [0, 0.05) is 11.6 Å². The molecule has 0 saturated carbocycles. The number of rotatable bonds is 4. The van der Waals surface area contributed by atoms with Gasteiger partial charge in [-0.1, -0.05) is 41.6 Å². The molecule has 1 aliphatic heterocycles. The molecule has 0 aliphatic carbocycles. The number of halogens is 2. The first-order chi connectivity index (χ1) is 14.2. The molecule has 29 heavy (non-hydrogen) atoms. The molecule has 2 aromatic carbocycles. The van der Waals surface area contributed by atoms with Gasteiger partial charge in [-0.05, 0) is 12.1 Å². The van der Waals surface area contributed by atoms with E-state index in [0.29, 0.717) is 24.5 Å². The number of H-pyrrole nitrogens is 1. The standard InChI is InChI=1S/C21H15F2N5O/c22-16-8-4-7-15(20(16)23)21-25-18-10-24-28(12-19(18)26-21)11-14-9-17(27-29-14)13-5-2-1-3-6-13/h1-10H,11-12H2,(H,25,26). The maximum absolute atomic E-state index is 14.1. The highest BCUT2D eigenvalue weighted by molar-refractivity contribution is 5.80. The quantitative estimate of drug-likeness (QED) is 0.561. The summed E-state index contributed by atoms with van der Waals surface area (Å²) in [5.74, 6) is -0.902. The maximum atomic E-state index is 14.1. The summed E-state index contributed by atoms with van der Waals surface area (Å²) in [5, 5.41) is 10.3. The molecule has 1 aliphatic rings. The third-order valence-corrected chi connectivity index (χ3v) is 4.67. The van der Waals surface area contributed by atoms with Crippen molar-refractivity contribution in [2.45, 2.75) is 13.1 Å². The van der Waals surface area contributed by atoms with Crippen LogP contribution in [-0.2, 0) is 13.1 Å². The molecule has 0 spiro atoms. The van der Waals surface area contributed by atoms with E-state index in [2.05, 4.69) is 20.2 Å². The number of aromatic nitrogens is 3. The molecule has 0 atom stereocenters. The number of hydrogen-bond donors (Lipinski definition) is 1. The van der Waals surface area contributed by atoms with Gasteiger partial charge in [-0.25, -0.2) is 13.8 Å². The van der Waals surface area contributed by atoms with Crippen LogP contribution in [0.3, 0.4) is 0 Å². The van der Waals surface area contributed by atoms with Crippen LogP contribution in [0.2, 0.25) is 0 Å². The summed E-state index contributed by atoms with van der Waals surface area (Å²) in [5.41, 5.74) is 3.18. The number of hydrazone groups is 1. The Hall–Kier alpha value is -3.81. The molecule has 0 bridgehead atoms. The molecular weight excluding hydrogens is 376 g/mol. The summed E-state index contributed by atoms with van der Waals surface area (Å²) in [6.07, 6.45) is 1.59. The first-order valence-corrected chi connectivity index (χ1v) is 9.00. The van der Waals surface area contributed by atoms with Gasteiger partial charge < -0.3 is 9.51 Å². The summed E-state index contributed by atoms with van der Waals surface area (Å²) in [6, 6.07) is 15.6. The summed E-state index contributed by atoms with van der Waals surface area (Å²) in [7, 11) is 0. The van der Waals surface area contributed by atoms with Crippen molar-refractivity contribution in [2.24, 2.45) is 5.10 Å². The number of fused-ring (bicyclic) bond motifs is 1.